The topological polar surface area (TPSA) is 0 Å². The first-order chi connectivity index (χ1) is 6.45. The van der Waals surface area contributed by atoms with Gasteiger partial charge in [0.2, 0.25) is 0 Å². The van der Waals surface area contributed by atoms with Gasteiger partial charge in [-0.15, -0.1) is 0 Å². The molecule has 6 unspecified atom stereocenters. The first-order valence-corrected chi connectivity index (χ1v) is 9.79. The van der Waals surface area contributed by atoms with Crippen LogP contribution in [0.4, 0.5) is 0 Å². The fraction of sp³-hybridized carbons (Fsp3) is 1.00. The molecule has 0 nitrogen and oxygen atoms in total. The quantitative estimate of drug-likeness (QED) is 0.336. The van der Waals surface area contributed by atoms with E-state index in [4.69, 9.17) is 0 Å². The number of hydrogen-bond donors (Lipinski definition) is 0. The fourth-order valence-electron chi connectivity index (χ4n) is 1.39. The molecule has 14 heavy (non-hydrogen) atoms. The van der Waals surface area contributed by atoms with Crippen molar-refractivity contribution >= 4 is 95.6 Å². The monoisotopic (exact) mass is 580 g/mol. The van der Waals surface area contributed by atoms with Gasteiger partial charge >= 0.3 is 0 Å². The van der Waals surface area contributed by atoms with Crippen LogP contribution in [0.1, 0.15) is 12.8 Å². The van der Waals surface area contributed by atoms with E-state index in [0.717, 1.165) is 0 Å². The molecule has 1 aliphatic carbocycles. The predicted molar refractivity (Wildman–Crippen MR) is 85.5 cm³/mol. The number of rotatable bonds is 0. The van der Waals surface area contributed by atoms with Crippen molar-refractivity contribution in [2.45, 2.75) is 41.8 Å². The third kappa shape index (κ3) is 3.69. The summed E-state index contributed by atoms with van der Waals surface area (Å²) in [4.78, 5) is 2.77. The Labute approximate surface area is 135 Å². The van der Waals surface area contributed by atoms with Gasteiger partial charge in [0.25, 0.3) is 0 Å². The van der Waals surface area contributed by atoms with Crippen molar-refractivity contribution in [3.8, 4) is 0 Å². The molecule has 0 spiro atoms. The van der Waals surface area contributed by atoms with Crippen molar-refractivity contribution in [2.24, 2.45) is 0 Å². The Balaban J connectivity index is 2.75. The molecule has 6 atom stereocenters. The molecule has 1 fully saturated rings. The van der Waals surface area contributed by atoms with E-state index in [1.807, 2.05) is 0 Å². The number of hydrogen-bond acceptors (Lipinski definition) is 0. The molecule has 84 valence electrons. The van der Waals surface area contributed by atoms with E-state index in [1.165, 1.54) is 12.8 Å². The number of halogens is 6. The van der Waals surface area contributed by atoms with Crippen LogP contribution in [0.3, 0.4) is 0 Å². The molecule has 6 heteroatoms. The van der Waals surface area contributed by atoms with E-state index in [1.54, 1.807) is 0 Å². The maximum absolute atomic E-state index is 3.74. The Morgan fingerprint density at radius 1 is 0.500 bits per heavy atom. The summed E-state index contributed by atoms with van der Waals surface area (Å²) in [7, 11) is 0. The summed E-state index contributed by atoms with van der Waals surface area (Å²) in [6, 6.07) is 0. The van der Waals surface area contributed by atoms with E-state index < -0.39 is 0 Å². The Kier molecular flexibility index (Phi) is 7.17. The maximum Gasteiger partial charge on any atom is 0.0418 e. The van der Waals surface area contributed by atoms with Crippen molar-refractivity contribution in [1.29, 1.82) is 0 Å². The fourth-order valence-corrected chi connectivity index (χ4v) is 6.79. The van der Waals surface area contributed by atoms with E-state index in [0.29, 0.717) is 29.0 Å². The van der Waals surface area contributed by atoms with Gasteiger partial charge in [0.15, 0.2) is 0 Å². The van der Waals surface area contributed by atoms with Crippen LogP contribution < -0.4 is 0 Å². The summed E-state index contributed by atoms with van der Waals surface area (Å²) in [5.41, 5.74) is 0. The lowest BCUT2D eigenvalue weighted by Crippen LogP contribution is -2.41. The normalized spacial score (nSPS) is 51.0. The summed E-state index contributed by atoms with van der Waals surface area (Å²) in [5, 5.41) is 0. The highest BCUT2D eigenvalue weighted by molar-refractivity contribution is 9.15. The third-order valence-electron chi connectivity index (χ3n) is 2.32. The van der Waals surface area contributed by atoms with Crippen molar-refractivity contribution in [3.05, 3.63) is 0 Å². The van der Waals surface area contributed by atoms with Crippen LogP contribution in [-0.2, 0) is 0 Å². The molecule has 0 radical (unpaired) electrons. The van der Waals surface area contributed by atoms with Crippen molar-refractivity contribution in [2.75, 3.05) is 0 Å². The van der Waals surface area contributed by atoms with Crippen LogP contribution in [0.5, 0.6) is 0 Å². The van der Waals surface area contributed by atoms with Crippen LogP contribution in [0.15, 0.2) is 0 Å². The summed E-state index contributed by atoms with van der Waals surface area (Å²) >= 11 is 22.4. The zero-order valence-corrected chi connectivity index (χ0v) is 16.7. The Morgan fingerprint density at radius 3 is 1.07 bits per heavy atom. The molecule has 1 saturated carbocycles. The highest BCUT2D eigenvalue weighted by atomic mass is 79.9. The van der Waals surface area contributed by atoms with Gasteiger partial charge in [0, 0.05) is 29.0 Å². The number of alkyl halides is 6. The smallest absolute Gasteiger partial charge is 0.0418 e. The second kappa shape index (κ2) is 6.72. The highest BCUT2D eigenvalue weighted by Gasteiger charge is 2.37. The Bertz CT molecular complexity index is 167. The zero-order valence-electron chi connectivity index (χ0n) is 7.15. The maximum atomic E-state index is 3.74. The van der Waals surface area contributed by atoms with Gasteiger partial charge in [0.05, 0.1) is 0 Å². The molecule has 0 bridgehead atoms. The van der Waals surface area contributed by atoms with E-state index in [-0.39, 0.29) is 0 Å². The van der Waals surface area contributed by atoms with E-state index in [9.17, 15) is 0 Å². The summed E-state index contributed by atoms with van der Waals surface area (Å²) in [6.45, 7) is 0. The predicted octanol–water partition coefficient (Wildman–Crippen LogP) is 5.36. The molecule has 0 aromatic rings. The van der Waals surface area contributed by atoms with E-state index >= 15 is 0 Å². The third-order valence-corrected chi connectivity index (χ3v) is 12.6. The average Bonchev–Trinajstić information content (AvgIpc) is 2.19. The minimum absolute atomic E-state index is 0.414. The molecule has 0 saturated heterocycles. The van der Waals surface area contributed by atoms with Crippen LogP contribution in [0.25, 0.3) is 0 Å². The molecule has 0 aromatic heterocycles. The Hall–Kier alpha value is 2.88. The largest absolute Gasteiger partial charge is 0.0878 e. The van der Waals surface area contributed by atoms with Crippen LogP contribution in [0.2, 0.25) is 0 Å². The standard InChI is InChI=1S/C8H10Br6/c9-3-1-2-4(10)6(12)8(14)7(13)5(3)11/h3-8H,1-2H2. The Morgan fingerprint density at radius 2 is 0.786 bits per heavy atom. The van der Waals surface area contributed by atoms with Gasteiger partial charge in [0.1, 0.15) is 0 Å². The van der Waals surface area contributed by atoms with Crippen LogP contribution in [-0.4, -0.2) is 29.0 Å². The van der Waals surface area contributed by atoms with Gasteiger partial charge in [-0.3, -0.25) is 0 Å². The molecule has 0 N–H and O–H groups in total. The SMILES string of the molecule is BrC1CCC(Br)C(Br)C(Br)C(Br)C1Br. The lowest BCUT2D eigenvalue weighted by atomic mass is 10.0. The van der Waals surface area contributed by atoms with Crippen molar-refractivity contribution in [1.82, 2.24) is 0 Å². The van der Waals surface area contributed by atoms with Gasteiger partial charge < -0.3 is 0 Å². The van der Waals surface area contributed by atoms with Gasteiger partial charge in [-0.25, -0.2) is 0 Å². The molecular formula is C8H10Br6. The molecule has 1 aliphatic rings. The molecule has 1 rings (SSSR count). The van der Waals surface area contributed by atoms with Crippen molar-refractivity contribution in [3.63, 3.8) is 0 Å². The van der Waals surface area contributed by atoms with Crippen LogP contribution >= 0.6 is 95.6 Å². The summed E-state index contributed by atoms with van der Waals surface area (Å²) < 4.78 is 0. The van der Waals surface area contributed by atoms with Gasteiger partial charge in [-0.1, -0.05) is 95.6 Å². The highest BCUT2D eigenvalue weighted by Crippen LogP contribution is 2.40. The second-order valence-electron chi connectivity index (χ2n) is 3.39. The molecule has 0 aliphatic heterocycles. The second-order valence-corrected chi connectivity index (χ2v) is 9.97. The van der Waals surface area contributed by atoms with Crippen molar-refractivity contribution < 1.29 is 0 Å². The first-order valence-electron chi connectivity index (χ1n) is 4.29. The zero-order chi connectivity index (χ0) is 10.9. The van der Waals surface area contributed by atoms with Gasteiger partial charge in [-0.05, 0) is 12.8 Å². The summed E-state index contributed by atoms with van der Waals surface area (Å²) in [6.07, 6.45) is 2.35. The first kappa shape index (κ1) is 14.9. The van der Waals surface area contributed by atoms with E-state index in [2.05, 4.69) is 95.6 Å². The molecule has 0 heterocycles. The molecule has 0 aromatic carbocycles. The minimum Gasteiger partial charge on any atom is -0.0878 e. The molecular weight excluding hydrogens is 576 g/mol. The lowest BCUT2D eigenvalue weighted by Gasteiger charge is -2.34. The van der Waals surface area contributed by atoms with Gasteiger partial charge in [-0.2, -0.15) is 0 Å². The summed E-state index contributed by atoms with van der Waals surface area (Å²) in [5.74, 6) is 0. The average molecular weight is 586 g/mol. The molecule has 0 amide bonds. The lowest BCUT2D eigenvalue weighted by molar-refractivity contribution is 0.583. The van der Waals surface area contributed by atoms with Crippen LogP contribution in [0, 0.1) is 0 Å². The minimum atomic E-state index is 0.414.